The van der Waals surface area contributed by atoms with E-state index in [4.69, 9.17) is 0 Å². The number of hydrogen-bond donors (Lipinski definition) is 1. The van der Waals surface area contributed by atoms with Crippen LogP contribution in [-0.2, 0) is 6.18 Å². The molecule has 2 atom stereocenters. The van der Waals surface area contributed by atoms with E-state index < -0.39 is 11.7 Å². The first-order chi connectivity index (χ1) is 10.1. The van der Waals surface area contributed by atoms with Crippen molar-refractivity contribution >= 4 is 0 Å². The van der Waals surface area contributed by atoms with Gasteiger partial charge in [-0.1, -0.05) is 42.5 Å². The van der Waals surface area contributed by atoms with Gasteiger partial charge in [0.2, 0.25) is 0 Å². The lowest BCUT2D eigenvalue weighted by atomic mass is 9.87. The second kappa shape index (κ2) is 5.53. The number of benzene rings is 2. The Bertz CT molecular complexity index is 590. The third kappa shape index (κ3) is 2.95. The van der Waals surface area contributed by atoms with Gasteiger partial charge in [0.05, 0.1) is 5.56 Å². The van der Waals surface area contributed by atoms with Gasteiger partial charge in [0.25, 0.3) is 0 Å². The van der Waals surface area contributed by atoms with Crippen molar-refractivity contribution < 1.29 is 13.2 Å². The van der Waals surface area contributed by atoms with Crippen LogP contribution in [-0.4, -0.2) is 6.54 Å². The lowest BCUT2D eigenvalue weighted by molar-refractivity contribution is -0.137. The zero-order valence-corrected chi connectivity index (χ0v) is 11.4. The molecule has 0 bridgehead atoms. The van der Waals surface area contributed by atoms with E-state index in [1.807, 2.05) is 18.2 Å². The van der Waals surface area contributed by atoms with Crippen LogP contribution in [0.4, 0.5) is 13.2 Å². The number of rotatable bonds is 2. The monoisotopic (exact) mass is 291 g/mol. The molecule has 4 heteroatoms. The molecule has 0 aliphatic carbocycles. The standard InChI is InChI=1S/C17H16F3N/c18-17(19,20)14-8-6-12(7-9-14)15-10-11-21-16(15)13-4-2-1-3-5-13/h1-9,15-16,21H,10-11H2. The smallest absolute Gasteiger partial charge is 0.309 e. The first-order valence-electron chi connectivity index (χ1n) is 7.01. The van der Waals surface area contributed by atoms with Gasteiger partial charge < -0.3 is 5.32 Å². The normalized spacial score (nSPS) is 22.4. The maximum atomic E-state index is 12.6. The number of hydrogen-bond acceptors (Lipinski definition) is 1. The summed E-state index contributed by atoms with van der Waals surface area (Å²) in [5.41, 5.74) is 1.55. The first-order valence-corrected chi connectivity index (χ1v) is 7.01. The fraction of sp³-hybridized carbons (Fsp3) is 0.294. The molecule has 0 aromatic heterocycles. The van der Waals surface area contributed by atoms with Crippen molar-refractivity contribution in [3.05, 3.63) is 71.3 Å². The van der Waals surface area contributed by atoms with Crippen molar-refractivity contribution in [2.45, 2.75) is 24.6 Å². The van der Waals surface area contributed by atoms with Crippen molar-refractivity contribution in [1.82, 2.24) is 5.32 Å². The molecule has 0 amide bonds. The van der Waals surface area contributed by atoms with E-state index in [1.165, 1.54) is 17.7 Å². The van der Waals surface area contributed by atoms with Gasteiger partial charge in [-0.2, -0.15) is 13.2 Å². The summed E-state index contributed by atoms with van der Waals surface area (Å²) >= 11 is 0. The highest BCUT2D eigenvalue weighted by Gasteiger charge is 2.32. The quantitative estimate of drug-likeness (QED) is 0.857. The van der Waals surface area contributed by atoms with Gasteiger partial charge in [-0.3, -0.25) is 0 Å². The van der Waals surface area contributed by atoms with Crippen molar-refractivity contribution in [1.29, 1.82) is 0 Å². The zero-order valence-electron chi connectivity index (χ0n) is 11.4. The molecule has 1 fully saturated rings. The van der Waals surface area contributed by atoms with Gasteiger partial charge in [0.15, 0.2) is 0 Å². The van der Waals surface area contributed by atoms with E-state index in [0.29, 0.717) is 0 Å². The van der Waals surface area contributed by atoms with E-state index in [0.717, 1.165) is 18.5 Å². The van der Waals surface area contributed by atoms with Crippen molar-refractivity contribution in [3.63, 3.8) is 0 Å². The summed E-state index contributed by atoms with van der Waals surface area (Å²) in [5.74, 6) is 0.217. The lowest BCUT2D eigenvalue weighted by Crippen LogP contribution is -2.17. The third-order valence-electron chi connectivity index (χ3n) is 4.05. The minimum Gasteiger partial charge on any atom is -0.309 e. The molecule has 1 aliphatic rings. The van der Waals surface area contributed by atoms with Crippen LogP contribution in [0.5, 0.6) is 0 Å². The molecule has 1 heterocycles. The van der Waals surface area contributed by atoms with Gasteiger partial charge in [0, 0.05) is 12.0 Å². The lowest BCUT2D eigenvalue weighted by Gasteiger charge is -2.21. The molecular weight excluding hydrogens is 275 g/mol. The van der Waals surface area contributed by atoms with Crippen molar-refractivity contribution in [2.24, 2.45) is 0 Å². The maximum Gasteiger partial charge on any atom is 0.416 e. The van der Waals surface area contributed by atoms with Crippen LogP contribution in [0, 0.1) is 0 Å². The molecule has 21 heavy (non-hydrogen) atoms. The Kier molecular flexibility index (Phi) is 3.72. The molecular formula is C17H16F3N. The third-order valence-corrected chi connectivity index (χ3v) is 4.05. The van der Waals surface area contributed by atoms with Gasteiger partial charge in [-0.05, 0) is 36.2 Å². The van der Waals surface area contributed by atoms with Crippen LogP contribution >= 0.6 is 0 Å². The van der Waals surface area contributed by atoms with Crippen LogP contribution in [0.15, 0.2) is 54.6 Å². The minimum atomic E-state index is -4.27. The highest BCUT2D eigenvalue weighted by molar-refractivity contribution is 5.32. The molecule has 110 valence electrons. The summed E-state index contributed by atoms with van der Waals surface area (Å²) in [6, 6.07) is 15.8. The molecule has 1 saturated heterocycles. The van der Waals surface area contributed by atoms with E-state index in [1.54, 1.807) is 12.1 Å². The molecule has 2 aromatic rings. The Morgan fingerprint density at radius 1 is 0.857 bits per heavy atom. The SMILES string of the molecule is FC(F)(F)c1ccc(C2CCNC2c2ccccc2)cc1. The molecule has 2 unspecified atom stereocenters. The Hall–Kier alpha value is -1.81. The van der Waals surface area contributed by atoms with Gasteiger partial charge in [-0.25, -0.2) is 0 Å². The number of halogens is 3. The summed E-state index contributed by atoms with van der Waals surface area (Å²) in [5, 5.41) is 3.44. The second-order valence-corrected chi connectivity index (χ2v) is 5.36. The predicted octanol–water partition coefficient (Wildman–Crippen LogP) is 4.52. The van der Waals surface area contributed by atoms with Crippen LogP contribution in [0.25, 0.3) is 0 Å². The largest absolute Gasteiger partial charge is 0.416 e. The van der Waals surface area contributed by atoms with Crippen LogP contribution in [0.3, 0.4) is 0 Å². The van der Waals surface area contributed by atoms with E-state index in [2.05, 4.69) is 17.4 Å². The average Bonchev–Trinajstić information content (AvgIpc) is 2.97. The number of nitrogens with one attached hydrogen (secondary N) is 1. The van der Waals surface area contributed by atoms with Crippen LogP contribution in [0.2, 0.25) is 0 Å². The zero-order chi connectivity index (χ0) is 14.9. The number of alkyl halides is 3. The Morgan fingerprint density at radius 2 is 1.52 bits per heavy atom. The summed E-state index contributed by atoms with van der Waals surface area (Å²) in [6.07, 6.45) is -3.34. The summed E-state index contributed by atoms with van der Waals surface area (Å²) in [4.78, 5) is 0. The van der Waals surface area contributed by atoms with Crippen molar-refractivity contribution in [3.8, 4) is 0 Å². The molecule has 0 saturated carbocycles. The Balaban J connectivity index is 1.86. The Labute approximate surface area is 121 Å². The van der Waals surface area contributed by atoms with Gasteiger partial charge in [0.1, 0.15) is 0 Å². The molecule has 1 N–H and O–H groups in total. The van der Waals surface area contributed by atoms with Gasteiger partial charge in [-0.15, -0.1) is 0 Å². The van der Waals surface area contributed by atoms with Crippen LogP contribution in [0.1, 0.15) is 35.1 Å². The Morgan fingerprint density at radius 3 is 2.14 bits per heavy atom. The molecule has 0 spiro atoms. The minimum absolute atomic E-state index is 0.169. The summed E-state index contributed by atoms with van der Waals surface area (Å²) < 4.78 is 37.9. The van der Waals surface area contributed by atoms with Crippen LogP contribution < -0.4 is 5.32 Å². The fourth-order valence-electron chi connectivity index (χ4n) is 2.99. The average molecular weight is 291 g/mol. The molecule has 1 nitrogen and oxygen atoms in total. The highest BCUT2D eigenvalue weighted by Crippen LogP contribution is 2.38. The van der Waals surface area contributed by atoms with Gasteiger partial charge >= 0.3 is 6.18 Å². The maximum absolute atomic E-state index is 12.6. The molecule has 2 aromatic carbocycles. The predicted molar refractivity (Wildman–Crippen MR) is 76.0 cm³/mol. The topological polar surface area (TPSA) is 12.0 Å². The van der Waals surface area contributed by atoms with Crippen molar-refractivity contribution in [2.75, 3.05) is 6.54 Å². The first kappa shape index (κ1) is 14.1. The van der Waals surface area contributed by atoms with E-state index in [-0.39, 0.29) is 12.0 Å². The molecule has 0 radical (unpaired) electrons. The van der Waals surface area contributed by atoms with E-state index in [9.17, 15) is 13.2 Å². The van der Waals surface area contributed by atoms with E-state index >= 15 is 0 Å². The molecule has 3 rings (SSSR count). The summed E-state index contributed by atoms with van der Waals surface area (Å²) in [7, 11) is 0. The summed E-state index contributed by atoms with van der Waals surface area (Å²) in [6.45, 7) is 0.880. The fourth-order valence-corrected chi connectivity index (χ4v) is 2.99. The second-order valence-electron chi connectivity index (χ2n) is 5.36. The molecule has 1 aliphatic heterocycles. The highest BCUT2D eigenvalue weighted by atomic mass is 19.4.